The second kappa shape index (κ2) is 9.22. The zero-order valence-corrected chi connectivity index (χ0v) is 17.6. The van der Waals surface area contributed by atoms with Crippen LogP contribution in [-0.4, -0.2) is 88.4 Å². The number of amides is 3. The molecule has 1 aromatic heterocycles. The number of nitrogens with zero attached hydrogens (tertiary/aromatic N) is 6. The largest absolute Gasteiger partial charge is 0.335 e. The van der Waals surface area contributed by atoms with Gasteiger partial charge < -0.3 is 9.80 Å². The predicted octanol–water partition coefficient (Wildman–Crippen LogP) is 0.630. The van der Waals surface area contributed by atoms with Gasteiger partial charge in [-0.1, -0.05) is 30.3 Å². The summed E-state index contributed by atoms with van der Waals surface area (Å²) in [5, 5.41) is 8.18. The van der Waals surface area contributed by atoms with Crippen LogP contribution in [0.3, 0.4) is 0 Å². The van der Waals surface area contributed by atoms with E-state index in [9.17, 15) is 14.4 Å². The molecule has 2 aliphatic rings. The molecule has 2 fully saturated rings. The Bertz CT molecular complexity index is 941. The Morgan fingerprint density at radius 1 is 0.871 bits per heavy atom. The maximum Gasteiger partial charge on any atom is 0.274 e. The molecule has 3 heterocycles. The van der Waals surface area contributed by atoms with Crippen LogP contribution in [0.1, 0.15) is 23.0 Å². The minimum atomic E-state index is -0.204. The van der Waals surface area contributed by atoms with E-state index in [0.29, 0.717) is 32.0 Å². The van der Waals surface area contributed by atoms with Crippen molar-refractivity contribution >= 4 is 23.5 Å². The third kappa shape index (κ3) is 4.88. The lowest BCUT2D eigenvalue weighted by Crippen LogP contribution is -2.52. The van der Waals surface area contributed by atoms with Crippen molar-refractivity contribution in [3.8, 4) is 0 Å². The van der Waals surface area contributed by atoms with Crippen LogP contribution in [0.5, 0.6) is 0 Å². The highest BCUT2D eigenvalue weighted by Gasteiger charge is 2.28. The Morgan fingerprint density at radius 3 is 2.19 bits per heavy atom. The molecule has 0 atom stereocenters. The monoisotopic (exact) mass is 422 g/mol. The Hall–Kier alpha value is -3.33. The molecule has 4 rings (SSSR count). The Kier molecular flexibility index (Phi) is 6.22. The third-order valence-corrected chi connectivity index (χ3v) is 5.72. The number of hydrogen-bond donors (Lipinski definition) is 0. The topological polar surface area (TPSA) is 90.0 Å². The van der Waals surface area contributed by atoms with Crippen LogP contribution in [0, 0.1) is 0 Å². The molecular formula is C22H26N6O3. The van der Waals surface area contributed by atoms with Gasteiger partial charge in [0.2, 0.25) is 11.8 Å². The first-order valence-corrected chi connectivity index (χ1v) is 10.5. The maximum atomic E-state index is 12.8. The summed E-state index contributed by atoms with van der Waals surface area (Å²) in [5.41, 5.74) is 1.54. The van der Waals surface area contributed by atoms with Gasteiger partial charge in [0.05, 0.1) is 0 Å². The van der Waals surface area contributed by atoms with E-state index < -0.39 is 0 Å². The van der Waals surface area contributed by atoms with E-state index >= 15 is 0 Å². The van der Waals surface area contributed by atoms with E-state index in [1.165, 1.54) is 22.3 Å². The van der Waals surface area contributed by atoms with E-state index in [1.807, 2.05) is 18.2 Å². The average molecular weight is 422 g/mol. The number of aromatic nitrogens is 2. The fourth-order valence-corrected chi connectivity index (χ4v) is 3.88. The van der Waals surface area contributed by atoms with Crippen molar-refractivity contribution < 1.29 is 14.4 Å². The lowest BCUT2D eigenvalue weighted by Gasteiger charge is -2.34. The minimum absolute atomic E-state index is 0.0327. The van der Waals surface area contributed by atoms with Gasteiger partial charge in [0.15, 0.2) is 11.5 Å². The first kappa shape index (κ1) is 20.9. The maximum absolute atomic E-state index is 12.8. The summed E-state index contributed by atoms with van der Waals surface area (Å²) in [6, 6.07) is 13.6. The van der Waals surface area contributed by atoms with Crippen LogP contribution >= 0.6 is 0 Å². The van der Waals surface area contributed by atoms with Gasteiger partial charge in [-0.25, -0.2) is 0 Å². The number of carbonyl (C=O) groups excluding carboxylic acids is 3. The van der Waals surface area contributed by atoms with Gasteiger partial charge in [-0.05, 0) is 17.7 Å². The highest BCUT2D eigenvalue weighted by atomic mass is 16.2. The molecule has 31 heavy (non-hydrogen) atoms. The number of benzene rings is 1. The van der Waals surface area contributed by atoms with E-state index in [0.717, 1.165) is 19.6 Å². The molecule has 9 nitrogen and oxygen atoms in total. The van der Waals surface area contributed by atoms with Crippen molar-refractivity contribution in [2.75, 3.05) is 50.7 Å². The molecule has 2 aliphatic heterocycles. The van der Waals surface area contributed by atoms with Gasteiger partial charge in [-0.3, -0.25) is 24.2 Å². The average Bonchev–Trinajstić information content (AvgIpc) is 2.80. The molecule has 0 unspecified atom stereocenters. The lowest BCUT2D eigenvalue weighted by atomic mass is 10.2. The van der Waals surface area contributed by atoms with Crippen LogP contribution in [0.15, 0.2) is 42.5 Å². The summed E-state index contributed by atoms with van der Waals surface area (Å²) in [4.78, 5) is 43.7. The van der Waals surface area contributed by atoms with Crippen LogP contribution < -0.4 is 4.90 Å². The molecule has 0 spiro atoms. The smallest absolute Gasteiger partial charge is 0.274 e. The summed E-state index contributed by atoms with van der Waals surface area (Å²) < 4.78 is 0. The standard InChI is InChI=1S/C22H26N6O3/c1-17(29)27-13-14-28(21(30)16-27)20-8-7-19(23-24-20)22(31)26-11-9-25(10-12-26)15-18-5-3-2-4-6-18/h2-8H,9-16H2,1H3. The quantitative estimate of drug-likeness (QED) is 0.718. The summed E-state index contributed by atoms with van der Waals surface area (Å²) in [5.74, 6) is -0.0724. The van der Waals surface area contributed by atoms with Gasteiger partial charge in [0.1, 0.15) is 6.54 Å². The Morgan fingerprint density at radius 2 is 1.58 bits per heavy atom. The molecule has 0 saturated carbocycles. The molecule has 162 valence electrons. The molecule has 9 heteroatoms. The highest BCUT2D eigenvalue weighted by molar-refractivity contribution is 5.97. The number of piperazine rings is 2. The van der Waals surface area contributed by atoms with Crippen LogP contribution in [0.25, 0.3) is 0 Å². The first-order valence-electron chi connectivity index (χ1n) is 10.5. The van der Waals surface area contributed by atoms with E-state index in [-0.39, 0.29) is 30.0 Å². The zero-order chi connectivity index (χ0) is 21.8. The molecule has 2 aromatic rings. The zero-order valence-electron chi connectivity index (χ0n) is 17.6. The summed E-state index contributed by atoms with van der Waals surface area (Å²) in [6.07, 6.45) is 0. The molecule has 1 aromatic carbocycles. The first-order chi connectivity index (χ1) is 15.0. The van der Waals surface area contributed by atoms with Crippen molar-refractivity contribution in [1.29, 1.82) is 0 Å². The fourth-order valence-electron chi connectivity index (χ4n) is 3.88. The molecule has 0 aliphatic carbocycles. The van der Waals surface area contributed by atoms with Crippen molar-refractivity contribution in [3.05, 3.63) is 53.7 Å². The summed E-state index contributed by atoms with van der Waals surface area (Å²) >= 11 is 0. The predicted molar refractivity (Wildman–Crippen MR) is 114 cm³/mol. The van der Waals surface area contributed by atoms with Gasteiger partial charge in [0, 0.05) is 52.7 Å². The van der Waals surface area contributed by atoms with Gasteiger partial charge in [0.25, 0.3) is 5.91 Å². The van der Waals surface area contributed by atoms with Crippen molar-refractivity contribution in [1.82, 2.24) is 24.9 Å². The fraction of sp³-hybridized carbons (Fsp3) is 0.409. The summed E-state index contributed by atoms with van der Waals surface area (Å²) in [6.45, 7) is 6.07. The van der Waals surface area contributed by atoms with Gasteiger partial charge in [-0.15, -0.1) is 10.2 Å². The molecule has 2 saturated heterocycles. The SMILES string of the molecule is CC(=O)N1CCN(c2ccc(C(=O)N3CCN(Cc4ccccc4)CC3)nn2)C(=O)C1. The van der Waals surface area contributed by atoms with E-state index in [1.54, 1.807) is 17.0 Å². The second-order valence-corrected chi connectivity index (χ2v) is 7.82. The summed E-state index contributed by atoms with van der Waals surface area (Å²) in [7, 11) is 0. The van der Waals surface area contributed by atoms with Crippen LogP contribution in [-0.2, 0) is 16.1 Å². The third-order valence-electron chi connectivity index (χ3n) is 5.72. The van der Waals surface area contributed by atoms with E-state index in [4.69, 9.17) is 0 Å². The Labute approximate surface area is 181 Å². The molecular weight excluding hydrogens is 396 g/mol. The van der Waals surface area contributed by atoms with Crippen LogP contribution in [0.2, 0.25) is 0 Å². The molecule has 0 bridgehead atoms. The van der Waals surface area contributed by atoms with Gasteiger partial charge >= 0.3 is 0 Å². The number of hydrogen-bond acceptors (Lipinski definition) is 6. The molecule has 3 amide bonds. The number of anilines is 1. The normalized spacial score (nSPS) is 17.7. The molecule has 0 N–H and O–H groups in total. The molecule has 0 radical (unpaired) electrons. The number of rotatable bonds is 4. The van der Waals surface area contributed by atoms with Gasteiger partial charge in [-0.2, -0.15) is 0 Å². The number of carbonyl (C=O) groups is 3. The highest BCUT2D eigenvalue weighted by Crippen LogP contribution is 2.16. The van der Waals surface area contributed by atoms with Crippen molar-refractivity contribution in [3.63, 3.8) is 0 Å². The van der Waals surface area contributed by atoms with Crippen LogP contribution in [0.4, 0.5) is 5.82 Å². The van der Waals surface area contributed by atoms with Crippen molar-refractivity contribution in [2.45, 2.75) is 13.5 Å². The van der Waals surface area contributed by atoms with E-state index in [2.05, 4.69) is 27.2 Å². The lowest BCUT2D eigenvalue weighted by molar-refractivity contribution is -0.135. The van der Waals surface area contributed by atoms with Crippen molar-refractivity contribution in [2.24, 2.45) is 0 Å². The second-order valence-electron chi connectivity index (χ2n) is 7.82. The Balaban J connectivity index is 1.32. The minimum Gasteiger partial charge on any atom is -0.335 e.